The Kier molecular flexibility index (Phi) is 4.93. The van der Waals surface area contributed by atoms with Crippen LogP contribution in [0.5, 0.6) is 0 Å². The molecule has 1 aliphatic rings. The van der Waals surface area contributed by atoms with Crippen molar-refractivity contribution in [2.75, 3.05) is 18.0 Å². The summed E-state index contributed by atoms with van der Waals surface area (Å²) in [7, 11) is 0. The first kappa shape index (κ1) is 17.1. The summed E-state index contributed by atoms with van der Waals surface area (Å²) in [6, 6.07) is 12.4. The molecular weight excluding hydrogens is 344 g/mol. The van der Waals surface area contributed by atoms with Gasteiger partial charge in [0.25, 0.3) is 0 Å². The molecule has 5 nitrogen and oxygen atoms in total. The molecule has 0 spiro atoms. The van der Waals surface area contributed by atoms with E-state index in [-0.39, 0.29) is 11.8 Å². The average molecular weight is 369 g/mol. The molecule has 1 amide bonds. The zero-order chi connectivity index (χ0) is 17.9. The smallest absolute Gasteiger partial charge is 0.223 e. The molecule has 0 radical (unpaired) electrons. The number of hydrogen-bond acceptors (Lipinski definition) is 4. The van der Waals surface area contributed by atoms with Crippen LogP contribution < -0.4 is 10.2 Å². The number of thiophene rings is 1. The Labute approximate surface area is 157 Å². The van der Waals surface area contributed by atoms with Crippen LogP contribution in [0.1, 0.15) is 24.6 Å². The van der Waals surface area contributed by atoms with Gasteiger partial charge in [-0.2, -0.15) is 0 Å². The predicted octanol–water partition coefficient (Wildman–Crippen LogP) is 3.65. The molecule has 2 aromatic heterocycles. The quantitative estimate of drug-likeness (QED) is 0.748. The maximum Gasteiger partial charge on any atom is 0.223 e. The van der Waals surface area contributed by atoms with Gasteiger partial charge in [-0.25, -0.2) is 4.98 Å². The maximum atomic E-state index is 12.5. The SMILES string of the molecule is CCn1c(N2CCC(C(=O)NCc3cccs3)CC2)nc2ccccc21. The number of para-hydroxylation sites is 2. The number of anilines is 1. The first-order chi connectivity index (χ1) is 12.8. The average Bonchev–Trinajstić information content (AvgIpc) is 3.33. The monoisotopic (exact) mass is 368 g/mol. The van der Waals surface area contributed by atoms with Gasteiger partial charge in [-0.3, -0.25) is 4.79 Å². The Morgan fingerprint density at radius 3 is 2.77 bits per heavy atom. The predicted molar refractivity (Wildman–Crippen MR) is 107 cm³/mol. The molecular formula is C20H24N4OS. The van der Waals surface area contributed by atoms with Crippen LogP contribution in [0.25, 0.3) is 11.0 Å². The number of fused-ring (bicyclic) bond motifs is 1. The van der Waals surface area contributed by atoms with E-state index in [1.165, 1.54) is 10.4 Å². The van der Waals surface area contributed by atoms with E-state index >= 15 is 0 Å². The number of rotatable bonds is 5. The van der Waals surface area contributed by atoms with Crippen molar-refractivity contribution < 1.29 is 4.79 Å². The fourth-order valence-corrected chi connectivity index (χ4v) is 4.33. The van der Waals surface area contributed by atoms with Crippen LogP contribution in [-0.4, -0.2) is 28.5 Å². The molecule has 0 saturated carbocycles. The third-order valence-corrected chi connectivity index (χ3v) is 5.99. The molecule has 0 aliphatic carbocycles. The molecule has 136 valence electrons. The molecule has 0 bridgehead atoms. The van der Waals surface area contributed by atoms with E-state index in [4.69, 9.17) is 4.98 Å². The van der Waals surface area contributed by atoms with Crippen molar-refractivity contribution in [1.29, 1.82) is 0 Å². The second-order valence-corrected chi connectivity index (χ2v) is 7.74. The van der Waals surface area contributed by atoms with Gasteiger partial charge < -0.3 is 14.8 Å². The summed E-state index contributed by atoms with van der Waals surface area (Å²) in [6.07, 6.45) is 1.76. The Morgan fingerprint density at radius 2 is 2.04 bits per heavy atom. The maximum absolute atomic E-state index is 12.5. The lowest BCUT2D eigenvalue weighted by Crippen LogP contribution is -2.41. The van der Waals surface area contributed by atoms with Gasteiger partial charge in [-0.05, 0) is 43.3 Å². The fraction of sp³-hybridized carbons (Fsp3) is 0.400. The number of piperidine rings is 1. The van der Waals surface area contributed by atoms with Gasteiger partial charge in [-0.15, -0.1) is 11.3 Å². The van der Waals surface area contributed by atoms with E-state index in [0.717, 1.165) is 43.9 Å². The van der Waals surface area contributed by atoms with Gasteiger partial charge in [0, 0.05) is 30.4 Å². The summed E-state index contributed by atoms with van der Waals surface area (Å²) < 4.78 is 2.27. The van der Waals surface area contributed by atoms with Crippen LogP contribution in [0, 0.1) is 5.92 Å². The largest absolute Gasteiger partial charge is 0.351 e. The summed E-state index contributed by atoms with van der Waals surface area (Å²) in [6.45, 7) is 5.45. The highest BCUT2D eigenvalue weighted by Crippen LogP contribution is 2.27. The minimum absolute atomic E-state index is 0.102. The van der Waals surface area contributed by atoms with Gasteiger partial charge in [0.05, 0.1) is 17.6 Å². The van der Waals surface area contributed by atoms with Crippen molar-refractivity contribution in [2.24, 2.45) is 5.92 Å². The second-order valence-electron chi connectivity index (χ2n) is 6.70. The van der Waals surface area contributed by atoms with E-state index in [1.807, 2.05) is 17.5 Å². The summed E-state index contributed by atoms with van der Waals surface area (Å²) in [5.41, 5.74) is 2.22. The summed E-state index contributed by atoms with van der Waals surface area (Å²) in [5.74, 6) is 1.32. The first-order valence-corrected chi connectivity index (χ1v) is 10.1. The highest BCUT2D eigenvalue weighted by atomic mass is 32.1. The van der Waals surface area contributed by atoms with E-state index in [2.05, 4.69) is 46.0 Å². The van der Waals surface area contributed by atoms with Crippen molar-refractivity contribution in [2.45, 2.75) is 32.9 Å². The van der Waals surface area contributed by atoms with E-state index in [0.29, 0.717) is 6.54 Å². The molecule has 1 saturated heterocycles. The summed E-state index contributed by atoms with van der Waals surface area (Å²) in [4.78, 5) is 20.8. The Morgan fingerprint density at radius 1 is 1.23 bits per heavy atom. The third-order valence-electron chi connectivity index (χ3n) is 5.12. The molecule has 1 fully saturated rings. The molecule has 0 atom stereocenters. The summed E-state index contributed by atoms with van der Waals surface area (Å²) in [5, 5.41) is 5.13. The number of hydrogen-bond donors (Lipinski definition) is 1. The van der Waals surface area contributed by atoms with Gasteiger partial charge in [0.1, 0.15) is 0 Å². The van der Waals surface area contributed by atoms with Crippen LogP contribution >= 0.6 is 11.3 Å². The number of benzene rings is 1. The summed E-state index contributed by atoms with van der Waals surface area (Å²) >= 11 is 1.68. The van der Waals surface area contributed by atoms with E-state index in [9.17, 15) is 4.79 Å². The molecule has 4 rings (SSSR count). The number of aryl methyl sites for hydroxylation is 1. The number of carbonyl (C=O) groups excluding carboxylic acids is 1. The van der Waals surface area contributed by atoms with Gasteiger partial charge in [0.2, 0.25) is 11.9 Å². The number of amides is 1. The zero-order valence-corrected chi connectivity index (χ0v) is 15.8. The molecule has 3 aromatic rings. The molecule has 3 heterocycles. The Hall–Kier alpha value is -2.34. The highest BCUT2D eigenvalue weighted by molar-refractivity contribution is 7.09. The number of aromatic nitrogens is 2. The van der Waals surface area contributed by atoms with Crippen LogP contribution in [-0.2, 0) is 17.9 Å². The molecule has 1 aromatic carbocycles. The minimum atomic E-state index is 0.102. The van der Waals surface area contributed by atoms with Crippen LogP contribution in [0.2, 0.25) is 0 Å². The molecule has 6 heteroatoms. The topological polar surface area (TPSA) is 50.2 Å². The lowest BCUT2D eigenvalue weighted by atomic mass is 9.96. The number of nitrogens with one attached hydrogen (secondary N) is 1. The Balaban J connectivity index is 1.40. The van der Waals surface area contributed by atoms with Crippen LogP contribution in [0.4, 0.5) is 5.95 Å². The first-order valence-electron chi connectivity index (χ1n) is 9.26. The second kappa shape index (κ2) is 7.50. The number of imidazole rings is 1. The minimum Gasteiger partial charge on any atom is -0.351 e. The fourth-order valence-electron chi connectivity index (χ4n) is 3.69. The zero-order valence-electron chi connectivity index (χ0n) is 15.0. The van der Waals surface area contributed by atoms with Crippen molar-refractivity contribution >= 4 is 34.2 Å². The molecule has 0 unspecified atom stereocenters. The van der Waals surface area contributed by atoms with Crippen molar-refractivity contribution in [3.63, 3.8) is 0 Å². The van der Waals surface area contributed by atoms with Crippen LogP contribution in [0.3, 0.4) is 0 Å². The Bertz CT molecular complexity index is 878. The van der Waals surface area contributed by atoms with Gasteiger partial charge in [0.15, 0.2) is 0 Å². The van der Waals surface area contributed by atoms with Gasteiger partial charge >= 0.3 is 0 Å². The standard InChI is InChI=1S/C20H24N4OS/c1-2-24-18-8-4-3-7-17(18)22-20(24)23-11-9-15(10-12-23)19(25)21-14-16-6-5-13-26-16/h3-8,13,15H,2,9-12,14H2,1H3,(H,21,25). The van der Waals surface area contributed by atoms with Crippen molar-refractivity contribution in [3.8, 4) is 0 Å². The highest BCUT2D eigenvalue weighted by Gasteiger charge is 2.27. The van der Waals surface area contributed by atoms with Crippen molar-refractivity contribution in [1.82, 2.24) is 14.9 Å². The molecule has 1 aliphatic heterocycles. The van der Waals surface area contributed by atoms with Crippen LogP contribution in [0.15, 0.2) is 41.8 Å². The van der Waals surface area contributed by atoms with Gasteiger partial charge in [-0.1, -0.05) is 18.2 Å². The molecule has 26 heavy (non-hydrogen) atoms. The molecule has 1 N–H and O–H groups in total. The lowest BCUT2D eigenvalue weighted by Gasteiger charge is -2.32. The van der Waals surface area contributed by atoms with Crippen molar-refractivity contribution in [3.05, 3.63) is 46.7 Å². The normalized spacial score (nSPS) is 15.5. The van der Waals surface area contributed by atoms with E-state index in [1.54, 1.807) is 11.3 Å². The third kappa shape index (κ3) is 3.33. The number of nitrogens with zero attached hydrogens (tertiary/aromatic N) is 3. The number of carbonyl (C=O) groups is 1. The lowest BCUT2D eigenvalue weighted by molar-refractivity contribution is -0.125. The van der Waals surface area contributed by atoms with E-state index < -0.39 is 0 Å².